The van der Waals surface area contributed by atoms with Crippen molar-refractivity contribution in [2.45, 2.75) is 44.3 Å². The molecule has 3 atom stereocenters. The second-order valence-corrected chi connectivity index (χ2v) is 7.58. The smallest absolute Gasteiger partial charge is 0.325 e. The Morgan fingerprint density at radius 2 is 1.79 bits per heavy atom. The van der Waals surface area contributed by atoms with E-state index in [-0.39, 0.29) is 19.3 Å². The molecule has 33 heavy (non-hydrogen) atoms. The van der Waals surface area contributed by atoms with Gasteiger partial charge < -0.3 is 37.5 Å². The van der Waals surface area contributed by atoms with Gasteiger partial charge in [0, 0.05) is 23.5 Å². The van der Waals surface area contributed by atoms with E-state index in [1.807, 2.05) is 24.3 Å². The molecular weight excluding hydrogens is 432 g/mol. The summed E-state index contributed by atoms with van der Waals surface area (Å²) < 4.78 is 0. The van der Waals surface area contributed by atoms with Gasteiger partial charge in [0.25, 0.3) is 0 Å². The molecule has 0 spiro atoms. The minimum atomic E-state index is -1.26. The topological polar surface area (TPSA) is 209 Å². The molecule has 9 N–H and O–H groups in total. The van der Waals surface area contributed by atoms with Crippen molar-refractivity contribution < 1.29 is 29.1 Å². The van der Waals surface area contributed by atoms with Crippen LogP contribution in [0.5, 0.6) is 0 Å². The molecule has 0 aliphatic heterocycles. The number of carbonyl (C=O) groups excluding carboxylic acids is 4. The van der Waals surface area contributed by atoms with Gasteiger partial charge in [0.2, 0.25) is 23.6 Å². The number of H-pyrrole nitrogens is 1. The third-order valence-corrected chi connectivity index (χ3v) is 4.94. The molecule has 3 unspecified atom stereocenters. The molecule has 0 aliphatic rings. The van der Waals surface area contributed by atoms with Crippen LogP contribution in [-0.4, -0.2) is 64.4 Å². The van der Waals surface area contributed by atoms with E-state index in [9.17, 15) is 24.0 Å². The third-order valence-electron chi connectivity index (χ3n) is 4.94. The molecule has 2 aromatic rings. The van der Waals surface area contributed by atoms with Crippen molar-refractivity contribution in [1.82, 2.24) is 20.9 Å². The highest BCUT2D eigenvalue weighted by Gasteiger charge is 2.25. The molecular formula is C21H28N6O6. The highest BCUT2D eigenvalue weighted by atomic mass is 16.4. The summed E-state index contributed by atoms with van der Waals surface area (Å²) in [7, 11) is 0. The Bertz CT molecular complexity index is 1040. The minimum Gasteiger partial charge on any atom is -0.480 e. The zero-order chi connectivity index (χ0) is 24.5. The highest BCUT2D eigenvalue weighted by molar-refractivity contribution is 5.93. The number of amides is 4. The van der Waals surface area contributed by atoms with Crippen molar-refractivity contribution in [1.29, 1.82) is 0 Å². The van der Waals surface area contributed by atoms with E-state index in [1.54, 1.807) is 6.20 Å². The third kappa shape index (κ3) is 7.61. The summed E-state index contributed by atoms with van der Waals surface area (Å²) in [5.74, 6) is -4.02. The molecule has 12 nitrogen and oxygen atoms in total. The first kappa shape index (κ1) is 25.3. The molecule has 178 valence electrons. The van der Waals surface area contributed by atoms with Crippen LogP contribution in [0.4, 0.5) is 0 Å². The van der Waals surface area contributed by atoms with Crippen LogP contribution in [0, 0.1) is 0 Å². The average molecular weight is 460 g/mol. The molecule has 0 saturated carbocycles. The first-order valence-electron chi connectivity index (χ1n) is 10.3. The van der Waals surface area contributed by atoms with Crippen LogP contribution in [0.1, 0.15) is 25.3 Å². The largest absolute Gasteiger partial charge is 0.480 e. The number of nitrogens with two attached hydrogens (primary N) is 2. The molecule has 0 fully saturated rings. The Morgan fingerprint density at radius 1 is 1.09 bits per heavy atom. The summed E-state index contributed by atoms with van der Waals surface area (Å²) in [5.41, 5.74) is 12.8. The Hall–Kier alpha value is -3.93. The number of carboxylic acids is 1. The number of aromatic nitrogens is 1. The lowest BCUT2D eigenvalue weighted by Crippen LogP contribution is -2.53. The van der Waals surface area contributed by atoms with E-state index in [2.05, 4.69) is 20.9 Å². The molecule has 0 saturated heterocycles. The molecule has 1 aromatic heterocycles. The van der Waals surface area contributed by atoms with Gasteiger partial charge in [-0.05, 0) is 31.4 Å². The Labute approximate surface area is 189 Å². The lowest BCUT2D eigenvalue weighted by molar-refractivity contribution is -0.141. The Kier molecular flexibility index (Phi) is 8.92. The van der Waals surface area contributed by atoms with Gasteiger partial charge in [-0.25, -0.2) is 0 Å². The zero-order valence-corrected chi connectivity index (χ0v) is 18.1. The van der Waals surface area contributed by atoms with E-state index in [1.165, 1.54) is 6.92 Å². The van der Waals surface area contributed by atoms with Crippen LogP contribution >= 0.6 is 0 Å². The maximum atomic E-state index is 12.3. The SMILES string of the molecule is CC(NC(=O)C(CCC(N)=O)NC(=O)CNC(=O)C(N)Cc1c[nH]c2ccccc12)C(=O)O. The number of benzene rings is 1. The van der Waals surface area contributed by atoms with E-state index in [4.69, 9.17) is 16.6 Å². The van der Waals surface area contributed by atoms with Gasteiger partial charge in [-0.3, -0.25) is 24.0 Å². The number of carbonyl (C=O) groups is 5. The first-order valence-corrected chi connectivity index (χ1v) is 10.3. The summed E-state index contributed by atoms with van der Waals surface area (Å²) in [5, 5.41) is 16.9. The van der Waals surface area contributed by atoms with Gasteiger partial charge in [-0.2, -0.15) is 0 Å². The van der Waals surface area contributed by atoms with E-state index in [0.29, 0.717) is 0 Å². The summed E-state index contributed by atoms with van der Waals surface area (Å²) >= 11 is 0. The molecule has 12 heteroatoms. The monoisotopic (exact) mass is 460 g/mol. The number of fused-ring (bicyclic) bond motifs is 1. The van der Waals surface area contributed by atoms with Crippen LogP contribution in [-0.2, 0) is 30.4 Å². The first-order chi connectivity index (χ1) is 15.6. The van der Waals surface area contributed by atoms with E-state index < -0.39 is 54.3 Å². The summed E-state index contributed by atoms with van der Waals surface area (Å²) in [6, 6.07) is 4.24. The normalized spacial score (nSPS) is 13.5. The second kappa shape index (κ2) is 11.6. The van der Waals surface area contributed by atoms with E-state index in [0.717, 1.165) is 16.5 Å². The van der Waals surface area contributed by atoms with Gasteiger partial charge in [0.05, 0.1) is 12.6 Å². The predicted octanol–water partition coefficient (Wildman–Crippen LogP) is -1.51. The van der Waals surface area contributed by atoms with Crippen molar-refractivity contribution in [3.05, 3.63) is 36.0 Å². The van der Waals surface area contributed by atoms with Crippen LogP contribution < -0.4 is 27.4 Å². The minimum absolute atomic E-state index is 0.132. The number of nitrogens with one attached hydrogen (secondary N) is 4. The number of hydrogen-bond donors (Lipinski definition) is 7. The number of carboxylic acid groups (broad SMARTS) is 1. The summed E-state index contributed by atoms with van der Waals surface area (Å²) in [6.07, 6.45) is 1.67. The number of aliphatic carboxylic acids is 1. The summed E-state index contributed by atoms with van der Waals surface area (Å²) in [6.45, 7) is 0.789. The summed E-state index contributed by atoms with van der Waals surface area (Å²) in [4.78, 5) is 62.0. The van der Waals surface area contributed by atoms with Crippen molar-refractivity contribution in [2.24, 2.45) is 11.5 Å². The van der Waals surface area contributed by atoms with Crippen LogP contribution in [0.25, 0.3) is 10.9 Å². The molecule has 2 rings (SSSR count). The lowest BCUT2D eigenvalue weighted by atomic mass is 10.1. The van der Waals surface area contributed by atoms with Gasteiger partial charge in [-0.15, -0.1) is 0 Å². The number of aromatic amines is 1. The number of para-hydroxylation sites is 1. The van der Waals surface area contributed by atoms with Crippen LogP contribution in [0.2, 0.25) is 0 Å². The fourth-order valence-electron chi connectivity index (χ4n) is 3.11. The standard InChI is InChI=1S/C21H28N6O6/c1-11(21(32)33)26-20(31)16(6-7-17(23)28)27-18(29)10-25-19(30)14(22)8-12-9-24-15-5-3-2-4-13(12)15/h2-5,9,11,14,16,24H,6-8,10,22H2,1H3,(H2,23,28)(H,25,30)(H,26,31)(H,27,29)(H,32,33). The average Bonchev–Trinajstić information content (AvgIpc) is 3.17. The van der Waals surface area contributed by atoms with Gasteiger partial charge in [0.15, 0.2) is 0 Å². The number of primary amides is 1. The predicted molar refractivity (Wildman–Crippen MR) is 119 cm³/mol. The van der Waals surface area contributed by atoms with Gasteiger partial charge in [0.1, 0.15) is 12.1 Å². The fraction of sp³-hybridized carbons (Fsp3) is 0.381. The maximum Gasteiger partial charge on any atom is 0.325 e. The van der Waals surface area contributed by atoms with Gasteiger partial charge in [-0.1, -0.05) is 18.2 Å². The molecule has 0 radical (unpaired) electrons. The van der Waals surface area contributed by atoms with Crippen LogP contribution in [0.15, 0.2) is 30.5 Å². The van der Waals surface area contributed by atoms with E-state index >= 15 is 0 Å². The van der Waals surface area contributed by atoms with Crippen molar-refractivity contribution in [3.63, 3.8) is 0 Å². The Balaban J connectivity index is 1.90. The quantitative estimate of drug-likeness (QED) is 0.199. The van der Waals surface area contributed by atoms with Crippen molar-refractivity contribution in [2.75, 3.05) is 6.54 Å². The van der Waals surface area contributed by atoms with Crippen LogP contribution in [0.3, 0.4) is 0 Å². The fourth-order valence-corrected chi connectivity index (χ4v) is 3.11. The molecule has 1 aromatic carbocycles. The van der Waals surface area contributed by atoms with Crippen molar-refractivity contribution >= 4 is 40.5 Å². The van der Waals surface area contributed by atoms with Crippen molar-refractivity contribution in [3.8, 4) is 0 Å². The molecule has 0 aliphatic carbocycles. The number of hydrogen-bond acceptors (Lipinski definition) is 6. The molecule has 4 amide bonds. The molecule has 1 heterocycles. The van der Waals surface area contributed by atoms with Gasteiger partial charge >= 0.3 is 5.97 Å². The maximum absolute atomic E-state index is 12.3. The highest BCUT2D eigenvalue weighted by Crippen LogP contribution is 2.18. The Morgan fingerprint density at radius 3 is 2.45 bits per heavy atom. The molecule has 0 bridgehead atoms. The number of rotatable bonds is 12. The second-order valence-electron chi connectivity index (χ2n) is 7.58. The zero-order valence-electron chi connectivity index (χ0n) is 18.1. The lowest BCUT2D eigenvalue weighted by Gasteiger charge is -2.20.